The zero-order valence-electron chi connectivity index (χ0n) is 10.6. The topological polar surface area (TPSA) is 33.1 Å². The van der Waals surface area contributed by atoms with Crippen molar-refractivity contribution in [1.82, 2.24) is 4.98 Å². The van der Waals surface area contributed by atoms with Crippen LogP contribution in [-0.2, 0) is 12.8 Å². The number of aliphatic hydroxyl groups excluding tert-OH is 1. The lowest BCUT2D eigenvalue weighted by atomic mass is 10.0. The summed E-state index contributed by atoms with van der Waals surface area (Å²) in [5.74, 6) is 0. The molecule has 0 aliphatic rings. The second kappa shape index (κ2) is 6.51. The molecule has 2 rings (SSSR count). The summed E-state index contributed by atoms with van der Waals surface area (Å²) in [4.78, 5) is 4.36. The predicted molar refractivity (Wildman–Crippen MR) is 81.4 cm³/mol. The lowest BCUT2D eigenvalue weighted by Crippen LogP contribution is -2.04. The summed E-state index contributed by atoms with van der Waals surface area (Å²) in [6.07, 6.45) is 2.68. The van der Waals surface area contributed by atoms with E-state index in [2.05, 4.69) is 27.8 Å². The fourth-order valence-corrected chi connectivity index (χ4v) is 2.55. The Labute approximate surface area is 126 Å². The number of hydrogen-bond donors (Lipinski definition) is 1. The summed E-state index contributed by atoms with van der Waals surface area (Å²) in [5.41, 5.74) is 2.85. The summed E-state index contributed by atoms with van der Waals surface area (Å²) in [7, 11) is 0. The van der Waals surface area contributed by atoms with Crippen LogP contribution in [0.4, 0.5) is 0 Å². The van der Waals surface area contributed by atoms with Crippen LogP contribution in [0.2, 0.25) is 5.02 Å². The minimum Gasteiger partial charge on any atom is -0.388 e. The van der Waals surface area contributed by atoms with Gasteiger partial charge < -0.3 is 5.11 Å². The van der Waals surface area contributed by atoms with Crippen LogP contribution in [0.1, 0.15) is 29.8 Å². The van der Waals surface area contributed by atoms with Crippen LogP contribution in [0.25, 0.3) is 0 Å². The van der Waals surface area contributed by atoms with Gasteiger partial charge >= 0.3 is 0 Å². The van der Waals surface area contributed by atoms with Crippen molar-refractivity contribution in [3.63, 3.8) is 0 Å². The number of aryl methyl sites for hydroxylation is 1. The fourth-order valence-electron chi connectivity index (χ4n) is 1.86. The maximum absolute atomic E-state index is 10.3. The molecule has 4 heteroatoms. The molecule has 0 saturated heterocycles. The first-order valence-corrected chi connectivity index (χ1v) is 7.34. The van der Waals surface area contributed by atoms with Crippen molar-refractivity contribution in [2.24, 2.45) is 0 Å². The Hall–Kier alpha value is -0.900. The lowest BCUT2D eigenvalue weighted by molar-refractivity contribution is 0.176. The molecule has 1 aromatic carbocycles. The monoisotopic (exact) mass is 339 g/mol. The van der Waals surface area contributed by atoms with Gasteiger partial charge in [-0.3, -0.25) is 4.98 Å². The highest BCUT2D eigenvalue weighted by Crippen LogP contribution is 2.28. The molecule has 2 aromatic rings. The summed E-state index contributed by atoms with van der Waals surface area (Å²) in [5, 5.41) is 10.9. The van der Waals surface area contributed by atoms with E-state index in [4.69, 9.17) is 11.6 Å². The molecular formula is C15H15BrClNO. The van der Waals surface area contributed by atoms with Gasteiger partial charge in [-0.05, 0) is 41.8 Å². The minimum atomic E-state index is -0.618. The normalized spacial score (nSPS) is 12.4. The molecule has 0 radical (unpaired) electrons. The highest BCUT2D eigenvalue weighted by molar-refractivity contribution is 9.10. The molecule has 1 heterocycles. The van der Waals surface area contributed by atoms with E-state index < -0.39 is 6.10 Å². The van der Waals surface area contributed by atoms with Gasteiger partial charge in [0, 0.05) is 27.8 Å². The Morgan fingerprint density at radius 3 is 2.74 bits per heavy atom. The molecule has 0 saturated carbocycles. The molecule has 1 atom stereocenters. The zero-order valence-corrected chi connectivity index (χ0v) is 12.9. The van der Waals surface area contributed by atoms with Crippen molar-refractivity contribution in [3.8, 4) is 0 Å². The predicted octanol–water partition coefficient (Wildman–Crippen LogP) is 4.34. The Morgan fingerprint density at radius 2 is 2.11 bits per heavy atom. The average molecular weight is 341 g/mol. The quantitative estimate of drug-likeness (QED) is 0.898. The summed E-state index contributed by atoms with van der Waals surface area (Å²) < 4.78 is 0.856. The third-order valence-corrected chi connectivity index (χ3v) is 3.97. The van der Waals surface area contributed by atoms with Crippen LogP contribution < -0.4 is 0 Å². The van der Waals surface area contributed by atoms with Crippen LogP contribution in [0.3, 0.4) is 0 Å². The first-order chi connectivity index (χ1) is 9.10. The molecule has 1 unspecified atom stereocenters. The Bertz CT molecular complexity index is 557. The first-order valence-electron chi connectivity index (χ1n) is 6.17. The minimum absolute atomic E-state index is 0.475. The van der Waals surface area contributed by atoms with Gasteiger partial charge in [-0.25, -0.2) is 0 Å². The van der Waals surface area contributed by atoms with Gasteiger partial charge in [0.25, 0.3) is 0 Å². The van der Waals surface area contributed by atoms with Crippen LogP contribution in [-0.4, -0.2) is 10.1 Å². The molecule has 0 aliphatic heterocycles. The number of rotatable bonds is 4. The molecule has 1 aromatic heterocycles. The van der Waals surface area contributed by atoms with E-state index in [0.717, 1.165) is 22.2 Å². The Balaban J connectivity index is 2.15. The van der Waals surface area contributed by atoms with Gasteiger partial charge in [-0.2, -0.15) is 0 Å². The highest BCUT2D eigenvalue weighted by Gasteiger charge is 2.13. The smallest absolute Gasteiger partial charge is 0.0856 e. The maximum Gasteiger partial charge on any atom is 0.0856 e. The number of nitrogens with zero attached hydrogens (tertiary/aromatic N) is 1. The molecule has 0 fully saturated rings. The van der Waals surface area contributed by atoms with Gasteiger partial charge in [-0.15, -0.1) is 0 Å². The SMILES string of the molecule is CCc1ccc(CC(O)c2cc(Cl)ccc2Br)nc1. The third kappa shape index (κ3) is 3.78. The molecule has 19 heavy (non-hydrogen) atoms. The van der Waals surface area contributed by atoms with Crippen LogP contribution >= 0.6 is 27.5 Å². The Morgan fingerprint density at radius 1 is 1.32 bits per heavy atom. The van der Waals surface area contributed by atoms with E-state index in [0.29, 0.717) is 11.4 Å². The largest absolute Gasteiger partial charge is 0.388 e. The summed E-state index contributed by atoms with van der Waals surface area (Å²) >= 11 is 9.38. The summed E-state index contributed by atoms with van der Waals surface area (Å²) in [6, 6.07) is 9.41. The Kier molecular flexibility index (Phi) is 4.97. The zero-order chi connectivity index (χ0) is 13.8. The average Bonchev–Trinajstić information content (AvgIpc) is 2.42. The maximum atomic E-state index is 10.3. The highest BCUT2D eigenvalue weighted by atomic mass is 79.9. The second-order valence-electron chi connectivity index (χ2n) is 4.40. The molecule has 0 spiro atoms. The number of aromatic nitrogens is 1. The van der Waals surface area contributed by atoms with Crippen molar-refractivity contribution in [1.29, 1.82) is 0 Å². The van der Waals surface area contributed by atoms with E-state index in [1.54, 1.807) is 12.1 Å². The molecule has 2 nitrogen and oxygen atoms in total. The van der Waals surface area contributed by atoms with Gasteiger partial charge in [-0.1, -0.05) is 40.5 Å². The lowest BCUT2D eigenvalue weighted by Gasteiger charge is -2.13. The molecule has 100 valence electrons. The van der Waals surface area contributed by atoms with Crippen molar-refractivity contribution < 1.29 is 5.11 Å². The molecule has 1 N–H and O–H groups in total. The number of aliphatic hydroxyl groups is 1. The van der Waals surface area contributed by atoms with E-state index in [9.17, 15) is 5.11 Å². The van der Waals surface area contributed by atoms with Gasteiger partial charge in [0.2, 0.25) is 0 Å². The molecular weight excluding hydrogens is 326 g/mol. The van der Waals surface area contributed by atoms with Crippen molar-refractivity contribution in [3.05, 3.63) is 62.8 Å². The van der Waals surface area contributed by atoms with Crippen LogP contribution in [0.15, 0.2) is 41.0 Å². The van der Waals surface area contributed by atoms with E-state index >= 15 is 0 Å². The third-order valence-electron chi connectivity index (χ3n) is 3.01. The second-order valence-corrected chi connectivity index (χ2v) is 5.69. The molecule has 0 aliphatic carbocycles. The molecule has 0 amide bonds. The van der Waals surface area contributed by atoms with E-state index in [1.165, 1.54) is 5.56 Å². The fraction of sp³-hybridized carbons (Fsp3) is 0.267. The summed E-state index contributed by atoms with van der Waals surface area (Å²) in [6.45, 7) is 2.09. The first kappa shape index (κ1) is 14.5. The van der Waals surface area contributed by atoms with Crippen molar-refractivity contribution >= 4 is 27.5 Å². The van der Waals surface area contributed by atoms with Crippen LogP contribution in [0.5, 0.6) is 0 Å². The van der Waals surface area contributed by atoms with E-state index in [1.807, 2.05) is 24.4 Å². The number of hydrogen-bond acceptors (Lipinski definition) is 2. The van der Waals surface area contributed by atoms with E-state index in [-0.39, 0.29) is 0 Å². The molecule has 0 bridgehead atoms. The van der Waals surface area contributed by atoms with Gasteiger partial charge in [0.15, 0.2) is 0 Å². The number of halogens is 2. The van der Waals surface area contributed by atoms with Crippen LogP contribution in [0, 0.1) is 0 Å². The van der Waals surface area contributed by atoms with Crippen molar-refractivity contribution in [2.45, 2.75) is 25.9 Å². The van der Waals surface area contributed by atoms with Gasteiger partial charge in [0.05, 0.1) is 6.10 Å². The number of benzene rings is 1. The van der Waals surface area contributed by atoms with Crippen molar-refractivity contribution in [2.75, 3.05) is 0 Å². The standard InChI is InChI=1S/C15H15BrClNO/c1-2-10-3-5-12(18-9-10)8-15(19)13-7-11(17)4-6-14(13)16/h3-7,9,15,19H,2,8H2,1H3. The van der Waals surface area contributed by atoms with Gasteiger partial charge in [0.1, 0.15) is 0 Å². The number of pyridine rings is 1.